The summed E-state index contributed by atoms with van der Waals surface area (Å²) in [7, 11) is 0. The highest BCUT2D eigenvalue weighted by Gasteiger charge is 2.35. The Morgan fingerprint density at radius 1 is 1.47 bits per heavy atom. The summed E-state index contributed by atoms with van der Waals surface area (Å²) < 4.78 is 0. The molecule has 3 heteroatoms. The number of fused-ring (bicyclic) bond motifs is 1. The van der Waals surface area contributed by atoms with Gasteiger partial charge in [-0.15, -0.1) is 0 Å². The zero-order chi connectivity index (χ0) is 12.4. The number of hydrogen-bond acceptors (Lipinski definition) is 1. The fourth-order valence-electron chi connectivity index (χ4n) is 2.39. The molecular weight excluding hydrogens is 278 g/mol. The molecule has 1 aromatic carbocycles. The molecule has 1 amide bonds. The van der Waals surface area contributed by atoms with Gasteiger partial charge < -0.3 is 4.90 Å². The third-order valence-electron chi connectivity index (χ3n) is 3.38. The average Bonchev–Trinajstić information content (AvgIpc) is 2.27. The van der Waals surface area contributed by atoms with E-state index in [0.717, 1.165) is 18.3 Å². The van der Waals surface area contributed by atoms with Gasteiger partial charge in [0.25, 0.3) is 0 Å². The van der Waals surface area contributed by atoms with Gasteiger partial charge in [0.15, 0.2) is 0 Å². The SMILES string of the molecule is CC(C)N(CCBr)C(=O)C1Cc2ccccc21. The van der Waals surface area contributed by atoms with Crippen LogP contribution in [0, 0.1) is 0 Å². The third kappa shape index (κ3) is 2.39. The number of benzene rings is 1. The van der Waals surface area contributed by atoms with Crippen LogP contribution >= 0.6 is 15.9 Å². The minimum atomic E-state index is 0.0904. The van der Waals surface area contributed by atoms with Crippen molar-refractivity contribution in [3.05, 3.63) is 35.4 Å². The van der Waals surface area contributed by atoms with Gasteiger partial charge in [0.2, 0.25) is 5.91 Å². The van der Waals surface area contributed by atoms with Crippen LogP contribution in [0.2, 0.25) is 0 Å². The summed E-state index contributed by atoms with van der Waals surface area (Å²) in [5.74, 6) is 0.366. The normalized spacial score (nSPS) is 17.5. The van der Waals surface area contributed by atoms with Crippen molar-refractivity contribution in [3.8, 4) is 0 Å². The van der Waals surface area contributed by atoms with Crippen molar-refractivity contribution in [1.82, 2.24) is 4.90 Å². The fourth-order valence-corrected chi connectivity index (χ4v) is 2.78. The summed E-state index contributed by atoms with van der Waals surface area (Å²) in [4.78, 5) is 14.4. The van der Waals surface area contributed by atoms with E-state index in [1.54, 1.807) is 0 Å². The van der Waals surface area contributed by atoms with Crippen LogP contribution in [-0.2, 0) is 11.2 Å². The molecule has 1 unspecified atom stereocenters. The van der Waals surface area contributed by atoms with Crippen molar-refractivity contribution in [2.24, 2.45) is 0 Å². The summed E-state index contributed by atoms with van der Waals surface area (Å²) in [6.07, 6.45) is 0.903. The molecule has 2 nitrogen and oxygen atoms in total. The Morgan fingerprint density at radius 2 is 2.18 bits per heavy atom. The molecule has 2 rings (SSSR count). The first-order valence-corrected chi connectivity index (χ1v) is 7.21. The average molecular weight is 296 g/mol. The van der Waals surface area contributed by atoms with Gasteiger partial charge in [0.05, 0.1) is 5.92 Å². The third-order valence-corrected chi connectivity index (χ3v) is 3.74. The Bertz CT molecular complexity index is 416. The zero-order valence-corrected chi connectivity index (χ0v) is 11.9. The minimum absolute atomic E-state index is 0.0904. The van der Waals surface area contributed by atoms with E-state index in [-0.39, 0.29) is 17.9 Å². The maximum Gasteiger partial charge on any atom is 0.230 e. The van der Waals surface area contributed by atoms with Gasteiger partial charge in [-0.2, -0.15) is 0 Å². The largest absolute Gasteiger partial charge is 0.339 e. The lowest BCUT2D eigenvalue weighted by molar-refractivity contribution is -0.134. The molecule has 0 saturated carbocycles. The van der Waals surface area contributed by atoms with Gasteiger partial charge in [0, 0.05) is 17.9 Å². The smallest absolute Gasteiger partial charge is 0.230 e. The van der Waals surface area contributed by atoms with Crippen LogP contribution in [0.3, 0.4) is 0 Å². The first-order chi connectivity index (χ1) is 8.15. The van der Waals surface area contributed by atoms with Gasteiger partial charge in [-0.05, 0) is 31.4 Å². The second-order valence-corrected chi connectivity index (χ2v) is 5.56. The van der Waals surface area contributed by atoms with Crippen LogP contribution in [0.1, 0.15) is 30.9 Å². The van der Waals surface area contributed by atoms with Gasteiger partial charge in [-0.25, -0.2) is 0 Å². The second kappa shape index (κ2) is 5.21. The molecule has 1 aliphatic carbocycles. The lowest BCUT2D eigenvalue weighted by Gasteiger charge is -2.35. The summed E-state index contributed by atoms with van der Waals surface area (Å²) in [6.45, 7) is 4.94. The van der Waals surface area contributed by atoms with Crippen LogP contribution < -0.4 is 0 Å². The molecule has 1 aliphatic rings. The lowest BCUT2D eigenvalue weighted by atomic mass is 9.76. The number of rotatable bonds is 4. The molecule has 0 N–H and O–H groups in total. The molecule has 1 aromatic rings. The molecule has 92 valence electrons. The molecule has 0 fully saturated rings. The Kier molecular flexibility index (Phi) is 3.87. The Hall–Kier alpha value is -0.830. The standard InChI is InChI=1S/C14H18BrNO/c1-10(2)16(8-7-15)14(17)13-9-11-5-3-4-6-12(11)13/h3-6,10,13H,7-9H2,1-2H3. The van der Waals surface area contributed by atoms with E-state index in [4.69, 9.17) is 0 Å². The number of alkyl halides is 1. The monoisotopic (exact) mass is 295 g/mol. The quantitative estimate of drug-likeness (QED) is 0.782. The van der Waals surface area contributed by atoms with E-state index in [1.807, 2.05) is 17.0 Å². The second-order valence-electron chi connectivity index (χ2n) is 4.77. The lowest BCUT2D eigenvalue weighted by Crippen LogP contribution is -2.44. The van der Waals surface area contributed by atoms with E-state index in [2.05, 4.69) is 41.9 Å². The number of halogens is 1. The van der Waals surface area contributed by atoms with Gasteiger partial charge in [-0.3, -0.25) is 4.79 Å². The van der Waals surface area contributed by atoms with Crippen molar-refractivity contribution in [3.63, 3.8) is 0 Å². The van der Waals surface area contributed by atoms with Crippen LogP contribution in [0.4, 0.5) is 0 Å². The number of amides is 1. The van der Waals surface area contributed by atoms with E-state index in [1.165, 1.54) is 11.1 Å². The molecule has 0 aliphatic heterocycles. The highest BCUT2D eigenvalue weighted by Crippen LogP contribution is 2.36. The van der Waals surface area contributed by atoms with Crippen molar-refractivity contribution < 1.29 is 4.79 Å². The summed E-state index contributed by atoms with van der Waals surface area (Å²) in [5, 5.41) is 0.839. The van der Waals surface area contributed by atoms with E-state index < -0.39 is 0 Å². The summed E-state index contributed by atoms with van der Waals surface area (Å²) in [5.41, 5.74) is 2.55. The first-order valence-electron chi connectivity index (χ1n) is 6.09. The van der Waals surface area contributed by atoms with E-state index in [9.17, 15) is 4.79 Å². The van der Waals surface area contributed by atoms with Crippen LogP contribution in [0.15, 0.2) is 24.3 Å². The Labute approximate surface area is 111 Å². The molecule has 1 atom stereocenters. The number of carbonyl (C=O) groups is 1. The molecule has 0 radical (unpaired) electrons. The molecular formula is C14H18BrNO. The van der Waals surface area contributed by atoms with Crippen LogP contribution in [0.5, 0.6) is 0 Å². The predicted molar refractivity (Wildman–Crippen MR) is 73.5 cm³/mol. The molecule has 0 aromatic heterocycles. The van der Waals surface area contributed by atoms with E-state index >= 15 is 0 Å². The fraction of sp³-hybridized carbons (Fsp3) is 0.500. The summed E-state index contributed by atoms with van der Waals surface area (Å²) >= 11 is 3.41. The maximum absolute atomic E-state index is 12.4. The molecule has 0 spiro atoms. The summed E-state index contributed by atoms with van der Waals surface area (Å²) in [6, 6.07) is 8.52. The van der Waals surface area contributed by atoms with Crippen molar-refractivity contribution in [1.29, 1.82) is 0 Å². The first kappa shape index (κ1) is 12.6. The Balaban J connectivity index is 2.12. The highest BCUT2D eigenvalue weighted by atomic mass is 79.9. The van der Waals surface area contributed by atoms with Crippen molar-refractivity contribution >= 4 is 21.8 Å². The molecule has 17 heavy (non-hydrogen) atoms. The van der Waals surface area contributed by atoms with Crippen LogP contribution in [0.25, 0.3) is 0 Å². The number of nitrogens with zero attached hydrogens (tertiary/aromatic N) is 1. The maximum atomic E-state index is 12.4. The van der Waals surface area contributed by atoms with Gasteiger partial charge >= 0.3 is 0 Å². The topological polar surface area (TPSA) is 20.3 Å². The number of hydrogen-bond donors (Lipinski definition) is 0. The molecule has 0 bridgehead atoms. The van der Waals surface area contributed by atoms with Crippen molar-refractivity contribution in [2.75, 3.05) is 11.9 Å². The zero-order valence-electron chi connectivity index (χ0n) is 10.3. The Morgan fingerprint density at radius 3 is 2.76 bits per heavy atom. The van der Waals surface area contributed by atoms with Gasteiger partial charge in [0.1, 0.15) is 0 Å². The predicted octanol–water partition coefficient (Wildman–Crippen LogP) is 2.96. The van der Waals surface area contributed by atoms with Crippen molar-refractivity contribution in [2.45, 2.75) is 32.2 Å². The molecule has 0 saturated heterocycles. The molecule has 0 heterocycles. The highest BCUT2D eigenvalue weighted by molar-refractivity contribution is 9.09. The van der Waals surface area contributed by atoms with Gasteiger partial charge in [-0.1, -0.05) is 40.2 Å². The van der Waals surface area contributed by atoms with E-state index in [0.29, 0.717) is 0 Å². The van der Waals surface area contributed by atoms with Crippen LogP contribution in [-0.4, -0.2) is 28.7 Å². The minimum Gasteiger partial charge on any atom is -0.339 e. The number of carbonyl (C=O) groups excluding carboxylic acids is 1.